The summed E-state index contributed by atoms with van der Waals surface area (Å²) in [5.41, 5.74) is 0.127. The largest absolute Gasteiger partial charge is 0.490 e. The number of anilines is 1. The zero-order valence-electron chi connectivity index (χ0n) is 11.1. The molecule has 0 aliphatic rings. The maximum absolute atomic E-state index is 13.3. The smallest absolute Gasteiger partial charge is 0.319 e. The van der Waals surface area contributed by atoms with Gasteiger partial charge in [0, 0.05) is 0 Å². The fourth-order valence-electron chi connectivity index (χ4n) is 1.62. The van der Waals surface area contributed by atoms with Crippen LogP contribution in [0.4, 0.5) is 14.9 Å². The minimum Gasteiger partial charge on any atom is -0.490 e. The molecule has 0 aromatic heterocycles. The lowest BCUT2D eigenvalue weighted by Gasteiger charge is -2.10. The molecular formula is C15H14ClFN2O2. The van der Waals surface area contributed by atoms with E-state index in [0.717, 1.165) is 0 Å². The van der Waals surface area contributed by atoms with E-state index in [-0.39, 0.29) is 18.8 Å². The van der Waals surface area contributed by atoms with Gasteiger partial charge >= 0.3 is 6.03 Å². The first-order valence-electron chi connectivity index (χ1n) is 6.33. The highest BCUT2D eigenvalue weighted by atomic mass is 35.5. The van der Waals surface area contributed by atoms with Gasteiger partial charge in [0.25, 0.3) is 0 Å². The van der Waals surface area contributed by atoms with Gasteiger partial charge in [-0.1, -0.05) is 35.9 Å². The molecule has 2 aromatic rings. The van der Waals surface area contributed by atoms with Gasteiger partial charge in [0.15, 0.2) is 0 Å². The van der Waals surface area contributed by atoms with E-state index >= 15 is 0 Å². The third-order valence-electron chi connectivity index (χ3n) is 2.60. The predicted octanol–water partition coefficient (Wildman–Crippen LogP) is 3.68. The quantitative estimate of drug-likeness (QED) is 0.828. The van der Waals surface area contributed by atoms with Gasteiger partial charge in [-0.3, -0.25) is 0 Å². The molecular weight excluding hydrogens is 295 g/mol. The lowest BCUT2D eigenvalue weighted by molar-refractivity contribution is 0.247. The van der Waals surface area contributed by atoms with Gasteiger partial charge < -0.3 is 15.4 Å². The van der Waals surface area contributed by atoms with Crippen LogP contribution in [-0.2, 0) is 0 Å². The van der Waals surface area contributed by atoms with E-state index in [4.69, 9.17) is 16.3 Å². The maximum Gasteiger partial charge on any atom is 0.319 e. The highest BCUT2D eigenvalue weighted by molar-refractivity contribution is 6.32. The SMILES string of the molecule is O=C(NCCOc1ccccc1Cl)Nc1ccccc1F. The molecule has 0 heterocycles. The molecule has 2 aromatic carbocycles. The van der Waals surface area contributed by atoms with Crippen LogP contribution in [0.25, 0.3) is 0 Å². The van der Waals surface area contributed by atoms with E-state index in [1.807, 2.05) is 0 Å². The average Bonchev–Trinajstić information content (AvgIpc) is 2.48. The molecule has 0 aliphatic heterocycles. The van der Waals surface area contributed by atoms with E-state index in [1.165, 1.54) is 12.1 Å². The Bertz CT molecular complexity index is 622. The number of urea groups is 1. The molecule has 6 heteroatoms. The van der Waals surface area contributed by atoms with Gasteiger partial charge in [-0.15, -0.1) is 0 Å². The van der Waals surface area contributed by atoms with Crippen molar-refractivity contribution in [2.75, 3.05) is 18.5 Å². The second-order valence-electron chi connectivity index (χ2n) is 4.14. The first kappa shape index (κ1) is 15.1. The topological polar surface area (TPSA) is 50.4 Å². The molecule has 0 bridgehead atoms. The van der Waals surface area contributed by atoms with Crippen molar-refractivity contribution in [1.82, 2.24) is 5.32 Å². The van der Waals surface area contributed by atoms with Crippen molar-refractivity contribution >= 4 is 23.3 Å². The lowest BCUT2D eigenvalue weighted by atomic mass is 10.3. The molecule has 21 heavy (non-hydrogen) atoms. The van der Waals surface area contributed by atoms with Gasteiger partial charge in [-0.2, -0.15) is 0 Å². The first-order chi connectivity index (χ1) is 10.2. The number of hydrogen-bond acceptors (Lipinski definition) is 2. The second kappa shape index (κ2) is 7.50. The molecule has 0 saturated carbocycles. The summed E-state index contributed by atoms with van der Waals surface area (Å²) in [6.45, 7) is 0.528. The number of benzene rings is 2. The summed E-state index contributed by atoms with van der Waals surface area (Å²) >= 11 is 5.92. The fourth-order valence-corrected chi connectivity index (χ4v) is 1.81. The summed E-state index contributed by atoms with van der Waals surface area (Å²) in [5, 5.41) is 5.48. The molecule has 4 nitrogen and oxygen atoms in total. The van der Waals surface area contributed by atoms with Crippen molar-refractivity contribution < 1.29 is 13.9 Å². The van der Waals surface area contributed by atoms with Crippen LogP contribution >= 0.6 is 11.6 Å². The molecule has 2 N–H and O–H groups in total. The second-order valence-corrected chi connectivity index (χ2v) is 4.55. The number of ether oxygens (including phenoxy) is 1. The Kier molecular flexibility index (Phi) is 5.40. The summed E-state index contributed by atoms with van der Waals surface area (Å²) in [6, 6.07) is 12.5. The van der Waals surface area contributed by atoms with E-state index < -0.39 is 11.8 Å². The highest BCUT2D eigenvalue weighted by Crippen LogP contribution is 2.22. The molecule has 110 valence electrons. The van der Waals surface area contributed by atoms with Crippen molar-refractivity contribution in [2.45, 2.75) is 0 Å². The van der Waals surface area contributed by atoms with Gasteiger partial charge in [-0.25, -0.2) is 9.18 Å². The van der Waals surface area contributed by atoms with Crippen LogP contribution in [0.2, 0.25) is 5.02 Å². The molecule has 0 atom stereocenters. The summed E-state index contributed by atoms with van der Waals surface area (Å²) < 4.78 is 18.7. The third kappa shape index (κ3) is 4.65. The highest BCUT2D eigenvalue weighted by Gasteiger charge is 2.05. The van der Waals surface area contributed by atoms with Crippen LogP contribution in [0.5, 0.6) is 5.75 Å². The van der Waals surface area contributed by atoms with Gasteiger partial charge in [0.05, 0.1) is 17.3 Å². The predicted molar refractivity (Wildman–Crippen MR) is 80.4 cm³/mol. The Morgan fingerprint density at radius 3 is 2.62 bits per heavy atom. The van der Waals surface area contributed by atoms with E-state index in [9.17, 15) is 9.18 Å². The van der Waals surface area contributed by atoms with Crippen molar-refractivity contribution in [3.63, 3.8) is 0 Å². The molecule has 0 unspecified atom stereocenters. The van der Waals surface area contributed by atoms with Crippen LogP contribution < -0.4 is 15.4 Å². The number of hydrogen-bond donors (Lipinski definition) is 2. The number of halogens is 2. The van der Waals surface area contributed by atoms with Gasteiger partial charge in [0.1, 0.15) is 18.2 Å². The van der Waals surface area contributed by atoms with Crippen molar-refractivity contribution in [3.05, 3.63) is 59.4 Å². The number of carbonyl (C=O) groups is 1. The molecule has 0 radical (unpaired) electrons. The fraction of sp³-hybridized carbons (Fsp3) is 0.133. The normalized spacial score (nSPS) is 10.0. The zero-order valence-corrected chi connectivity index (χ0v) is 11.9. The first-order valence-corrected chi connectivity index (χ1v) is 6.71. The van der Waals surface area contributed by atoms with Gasteiger partial charge in [0.2, 0.25) is 0 Å². The summed E-state index contributed by atoms with van der Waals surface area (Å²) in [4.78, 5) is 11.6. The zero-order chi connectivity index (χ0) is 15.1. The third-order valence-corrected chi connectivity index (χ3v) is 2.92. The molecule has 0 saturated heterocycles. The Labute approximate surface area is 126 Å². The van der Waals surface area contributed by atoms with Crippen LogP contribution in [-0.4, -0.2) is 19.2 Å². The van der Waals surface area contributed by atoms with Crippen molar-refractivity contribution in [1.29, 1.82) is 0 Å². The Hall–Kier alpha value is -2.27. The molecule has 0 fully saturated rings. The number of amides is 2. The Morgan fingerprint density at radius 2 is 1.86 bits per heavy atom. The standard InChI is InChI=1S/C15H14ClFN2O2/c16-11-5-1-4-8-14(11)21-10-9-18-15(20)19-13-7-3-2-6-12(13)17/h1-8H,9-10H2,(H2,18,19,20). The number of carbonyl (C=O) groups excluding carboxylic acids is 1. The maximum atomic E-state index is 13.3. The van der Waals surface area contributed by atoms with Crippen molar-refractivity contribution in [3.8, 4) is 5.75 Å². The lowest BCUT2D eigenvalue weighted by Crippen LogP contribution is -2.32. The summed E-state index contributed by atoms with van der Waals surface area (Å²) in [6.07, 6.45) is 0. The molecule has 2 amide bonds. The van der Waals surface area contributed by atoms with E-state index in [2.05, 4.69) is 10.6 Å². The number of rotatable bonds is 5. The average molecular weight is 309 g/mol. The van der Waals surface area contributed by atoms with E-state index in [0.29, 0.717) is 10.8 Å². The Morgan fingerprint density at radius 1 is 1.14 bits per heavy atom. The number of nitrogens with one attached hydrogen (secondary N) is 2. The van der Waals surface area contributed by atoms with Crippen LogP contribution in [0.15, 0.2) is 48.5 Å². The summed E-state index contributed by atoms with van der Waals surface area (Å²) in [5.74, 6) is 0.0652. The molecule has 2 rings (SSSR count). The monoisotopic (exact) mass is 308 g/mol. The Balaban J connectivity index is 1.73. The van der Waals surface area contributed by atoms with Crippen LogP contribution in [0, 0.1) is 5.82 Å². The van der Waals surface area contributed by atoms with Crippen LogP contribution in [0.1, 0.15) is 0 Å². The molecule has 0 spiro atoms. The minimum absolute atomic E-state index is 0.127. The van der Waals surface area contributed by atoms with Crippen LogP contribution in [0.3, 0.4) is 0 Å². The summed E-state index contributed by atoms with van der Waals surface area (Å²) in [7, 11) is 0. The van der Waals surface area contributed by atoms with E-state index in [1.54, 1.807) is 36.4 Å². The minimum atomic E-state index is -0.497. The van der Waals surface area contributed by atoms with Crippen molar-refractivity contribution in [2.24, 2.45) is 0 Å². The number of para-hydroxylation sites is 2. The van der Waals surface area contributed by atoms with Gasteiger partial charge in [-0.05, 0) is 24.3 Å². The molecule has 0 aliphatic carbocycles.